The minimum Gasteiger partial charge on any atom is -0.486 e. The van der Waals surface area contributed by atoms with E-state index in [-0.39, 0.29) is 11.6 Å². The van der Waals surface area contributed by atoms with Crippen LogP contribution in [0.5, 0.6) is 11.5 Å². The monoisotopic (exact) mass is 367 g/mol. The number of nitrogens with one attached hydrogen (secondary N) is 2. The van der Waals surface area contributed by atoms with Gasteiger partial charge in [-0.3, -0.25) is 4.79 Å². The molecule has 0 unspecified atom stereocenters. The lowest BCUT2D eigenvalue weighted by Crippen LogP contribution is -2.17. The molecule has 27 heavy (non-hydrogen) atoms. The van der Waals surface area contributed by atoms with Crippen LogP contribution >= 0.6 is 0 Å². The summed E-state index contributed by atoms with van der Waals surface area (Å²) in [6.07, 6.45) is 0. The standard InChI is InChI=1S/C18H17N5O4/c1-10-7-17(23-27-10)22-16-9-13(19-11(2)20-16)18(24)21-12-3-4-14-15(8-12)26-6-5-25-14/h3-4,7-9H,5-6H2,1-2H3,(H,21,24)(H,19,20,22,23). The fourth-order valence-electron chi connectivity index (χ4n) is 2.62. The Hall–Kier alpha value is -3.62. The zero-order chi connectivity index (χ0) is 18.8. The minimum atomic E-state index is -0.364. The molecule has 1 amide bonds. The van der Waals surface area contributed by atoms with Crippen LogP contribution in [0.1, 0.15) is 22.1 Å². The van der Waals surface area contributed by atoms with Gasteiger partial charge in [0.2, 0.25) is 0 Å². The molecule has 0 aliphatic carbocycles. The Kier molecular flexibility index (Phi) is 4.33. The Morgan fingerprint density at radius 1 is 1.00 bits per heavy atom. The summed E-state index contributed by atoms with van der Waals surface area (Å²) < 4.78 is 16.0. The highest BCUT2D eigenvalue weighted by Gasteiger charge is 2.15. The van der Waals surface area contributed by atoms with Gasteiger partial charge in [0.15, 0.2) is 17.3 Å². The third kappa shape index (κ3) is 3.81. The quantitative estimate of drug-likeness (QED) is 0.724. The molecule has 3 heterocycles. The largest absolute Gasteiger partial charge is 0.486 e. The molecule has 2 N–H and O–H groups in total. The van der Waals surface area contributed by atoms with Gasteiger partial charge in [-0.2, -0.15) is 0 Å². The molecule has 9 heteroatoms. The number of ether oxygens (including phenoxy) is 2. The summed E-state index contributed by atoms with van der Waals surface area (Å²) in [7, 11) is 0. The van der Waals surface area contributed by atoms with E-state index in [2.05, 4.69) is 25.8 Å². The first-order chi connectivity index (χ1) is 13.1. The molecule has 4 rings (SSSR count). The van der Waals surface area contributed by atoms with Crippen LogP contribution in [0.2, 0.25) is 0 Å². The predicted octanol–water partition coefficient (Wildman–Crippen LogP) is 2.85. The molecule has 138 valence electrons. The van der Waals surface area contributed by atoms with Crippen molar-refractivity contribution in [2.24, 2.45) is 0 Å². The number of aryl methyl sites for hydroxylation is 2. The van der Waals surface area contributed by atoms with E-state index in [0.29, 0.717) is 53.6 Å². The molecule has 0 saturated heterocycles. The van der Waals surface area contributed by atoms with Gasteiger partial charge < -0.3 is 24.6 Å². The van der Waals surface area contributed by atoms with Gasteiger partial charge in [0.1, 0.15) is 36.3 Å². The molecule has 0 saturated carbocycles. The van der Waals surface area contributed by atoms with Crippen LogP contribution < -0.4 is 20.1 Å². The number of anilines is 3. The number of carbonyl (C=O) groups is 1. The fraction of sp³-hybridized carbons (Fsp3) is 0.222. The molecule has 1 aromatic carbocycles. The van der Waals surface area contributed by atoms with Crippen LogP contribution in [0, 0.1) is 13.8 Å². The van der Waals surface area contributed by atoms with Crippen LogP contribution in [0.3, 0.4) is 0 Å². The Bertz CT molecular complexity index is 1000. The number of fused-ring (bicyclic) bond motifs is 1. The van der Waals surface area contributed by atoms with E-state index in [9.17, 15) is 4.79 Å². The molecule has 0 radical (unpaired) electrons. The number of amides is 1. The van der Waals surface area contributed by atoms with Crippen molar-refractivity contribution in [2.75, 3.05) is 23.8 Å². The SMILES string of the molecule is Cc1nc(Nc2cc(C)on2)cc(C(=O)Nc2ccc3c(c2)OCCO3)n1. The maximum atomic E-state index is 12.6. The Morgan fingerprint density at radius 2 is 1.81 bits per heavy atom. The van der Waals surface area contributed by atoms with E-state index in [0.717, 1.165) is 0 Å². The maximum Gasteiger partial charge on any atom is 0.274 e. The fourth-order valence-corrected chi connectivity index (χ4v) is 2.62. The Balaban J connectivity index is 1.53. The number of rotatable bonds is 4. The molecule has 3 aromatic rings. The lowest BCUT2D eigenvalue weighted by atomic mass is 10.2. The molecule has 9 nitrogen and oxygen atoms in total. The number of hydrogen-bond acceptors (Lipinski definition) is 8. The lowest BCUT2D eigenvalue weighted by Gasteiger charge is -2.19. The summed E-state index contributed by atoms with van der Waals surface area (Å²) in [5.41, 5.74) is 0.808. The summed E-state index contributed by atoms with van der Waals surface area (Å²) in [5.74, 6) is 2.96. The summed E-state index contributed by atoms with van der Waals surface area (Å²) in [5, 5.41) is 9.65. The smallest absolute Gasteiger partial charge is 0.274 e. The average molecular weight is 367 g/mol. The zero-order valence-electron chi connectivity index (χ0n) is 14.8. The molecule has 1 aliphatic rings. The van der Waals surface area contributed by atoms with Gasteiger partial charge in [-0.25, -0.2) is 9.97 Å². The lowest BCUT2D eigenvalue weighted by molar-refractivity contribution is 0.102. The number of aromatic nitrogens is 3. The van der Waals surface area contributed by atoms with E-state index >= 15 is 0 Å². The highest BCUT2D eigenvalue weighted by molar-refractivity contribution is 6.03. The number of nitrogens with zero attached hydrogens (tertiary/aromatic N) is 3. The van der Waals surface area contributed by atoms with Crippen molar-refractivity contribution in [1.82, 2.24) is 15.1 Å². The Morgan fingerprint density at radius 3 is 2.59 bits per heavy atom. The van der Waals surface area contributed by atoms with Crippen molar-refractivity contribution >= 4 is 23.2 Å². The van der Waals surface area contributed by atoms with Crippen LogP contribution in [0.15, 0.2) is 34.9 Å². The van der Waals surface area contributed by atoms with E-state index < -0.39 is 0 Å². The van der Waals surface area contributed by atoms with E-state index in [1.807, 2.05) is 0 Å². The van der Waals surface area contributed by atoms with Crippen molar-refractivity contribution in [3.63, 3.8) is 0 Å². The molecular weight excluding hydrogens is 350 g/mol. The normalized spacial score (nSPS) is 12.5. The van der Waals surface area contributed by atoms with Gasteiger partial charge in [0.25, 0.3) is 5.91 Å². The topological polar surface area (TPSA) is 111 Å². The Labute approximate surface area is 154 Å². The highest BCUT2D eigenvalue weighted by Crippen LogP contribution is 2.32. The third-order valence-electron chi connectivity index (χ3n) is 3.75. The van der Waals surface area contributed by atoms with Gasteiger partial charge >= 0.3 is 0 Å². The van der Waals surface area contributed by atoms with E-state index in [4.69, 9.17) is 14.0 Å². The van der Waals surface area contributed by atoms with Crippen molar-refractivity contribution in [3.05, 3.63) is 47.6 Å². The second-order valence-electron chi connectivity index (χ2n) is 5.95. The summed E-state index contributed by atoms with van der Waals surface area (Å²) in [4.78, 5) is 21.1. The second-order valence-corrected chi connectivity index (χ2v) is 5.95. The van der Waals surface area contributed by atoms with Crippen LogP contribution in [0.25, 0.3) is 0 Å². The molecule has 0 spiro atoms. The second kappa shape index (κ2) is 6.94. The van der Waals surface area contributed by atoms with Gasteiger partial charge in [0.05, 0.1) is 0 Å². The number of benzene rings is 1. The molecule has 2 aromatic heterocycles. The zero-order valence-corrected chi connectivity index (χ0v) is 14.8. The van der Waals surface area contributed by atoms with Crippen molar-refractivity contribution in [3.8, 4) is 11.5 Å². The first-order valence-corrected chi connectivity index (χ1v) is 8.34. The summed E-state index contributed by atoms with van der Waals surface area (Å²) in [6, 6.07) is 8.50. The first-order valence-electron chi connectivity index (χ1n) is 8.34. The van der Waals surface area contributed by atoms with E-state index in [1.165, 1.54) is 0 Å². The van der Waals surface area contributed by atoms with Crippen LogP contribution in [-0.2, 0) is 0 Å². The van der Waals surface area contributed by atoms with Gasteiger partial charge in [0, 0.05) is 23.9 Å². The molecule has 0 atom stereocenters. The highest BCUT2D eigenvalue weighted by atomic mass is 16.6. The predicted molar refractivity (Wildman–Crippen MR) is 96.7 cm³/mol. The van der Waals surface area contributed by atoms with Gasteiger partial charge in [-0.1, -0.05) is 5.16 Å². The van der Waals surface area contributed by atoms with Gasteiger partial charge in [-0.05, 0) is 26.0 Å². The summed E-state index contributed by atoms with van der Waals surface area (Å²) >= 11 is 0. The molecule has 1 aliphatic heterocycles. The van der Waals surface area contributed by atoms with Crippen molar-refractivity contribution in [1.29, 1.82) is 0 Å². The molecule has 0 fully saturated rings. The van der Waals surface area contributed by atoms with Crippen molar-refractivity contribution < 1.29 is 18.8 Å². The van der Waals surface area contributed by atoms with Gasteiger partial charge in [-0.15, -0.1) is 0 Å². The first kappa shape index (κ1) is 16.8. The molecule has 0 bridgehead atoms. The van der Waals surface area contributed by atoms with Crippen LogP contribution in [-0.4, -0.2) is 34.2 Å². The number of hydrogen-bond donors (Lipinski definition) is 2. The average Bonchev–Trinajstić information content (AvgIpc) is 3.06. The summed E-state index contributed by atoms with van der Waals surface area (Å²) in [6.45, 7) is 4.49. The maximum absolute atomic E-state index is 12.6. The van der Waals surface area contributed by atoms with Crippen molar-refractivity contribution in [2.45, 2.75) is 13.8 Å². The third-order valence-corrected chi connectivity index (χ3v) is 3.75. The molecular formula is C18H17N5O4. The van der Waals surface area contributed by atoms with E-state index in [1.54, 1.807) is 44.2 Å². The van der Waals surface area contributed by atoms with Crippen LogP contribution in [0.4, 0.5) is 17.3 Å². The minimum absolute atomic E-state index is 0.222. The number of carbonyl (C=O) groups excluding carboxylic acids is 1.